The summed E-state index contributed by atoms with van der Waals surface area (Å²) in [5, 5.41) is 3.73. The third-order valence-electron chi connectivity index (χ3n) is 3.68. The molecule has 0 aliphatic heterocycles. The van der Waals surface area contributed by atoms with Crippen LogP contribution in [0.2, 0.25) is 0 Å². The van der Waals surface area contributed by atoms with Gasteiger partial charge in [-0.2, -0.15) is 11.8 Å². The zero-order valence-electron chi connectivity index (χ0n) is 11.1. The summed E-state index contributed by atoms with van der Waals surface area (Å²) in [4.78, 5) is 0. The van der Waals surface area contributed by atoms with E-state index in [4.69, 9.17) is 0 Å². The van der Waals surface area contributed by atoms with Gasteiger partial charge in [-0.15, -0.1) is 0 Å². The lowest BCUT2D eigenvalue weighted by molar-refractivity contribution is 0.367. The molecule has 2 unspecified atom stereocenters. The fourth-order valence-corrected chi connectivity index (χ4v) is 3.23. The lowest BCUT2D eigenvalue weighted by Crippen LogP contribution is -2.30. The van der Waals surface area contributed by atoms with Gasteiger partial charge in [-0.3, -0.25) is 0 Å². The molecule has 1 aliphatic carbocycles. The molecule has 16 heavy (non-hydrogen) atoms. The van der Waals surface area contributed by atoms with Crippen LogP contribution < -0.4 is 5.32 Å². The number of hydrogen-bond acceptors (Lipinski definition) is 2. The first-order chi connectivity index (χ1) is 7.86. The van der Waals surface area contributed by atoms with Gasteiger partial charge in [-0.05, 0) is 56.6 Å². The quantitative estimate of drug-likeness (QED) is 0.534. The minimum atomic E-state index is 0.821. The van der Waals surface area contributed by atoms with Crippen LogP contribution in [-0.4, -0.2) is 24.6 Å². The predicted octanol–water partition coefficient (Wildman–Crippen LogP) is 4.08. The van der Waals surface area contributed by atoms with Crippen molar-refractivity contribution >= 4 is 11.8 Å². The maximum absolute atomic E-state index is 3.73. The molecule has 0 bridgehead atoms. The van der Waals surface area contributed by atoms with Gasteiger partial charge in [0.05, 0.1) is 0 Å². The van der Waals surface area contributed by atoms with E-state index < -0.39 is 0 Å². The molecule has 0 aromatic heterocycles. The Bertz CT molecular complexity index is 161. The van der Waals surface area contributed by atoms with Gasteiger partial charge in [0.15, 0.2) is 0 Å². The molecule has 1 rings (SSSR count). The highest BCUT2D eigenvalue weighted by Gasteiger charge is 2.19. The molecule has 1 aliphatic rings. The second-order valence-electron chi connectivity index (χ2n) is 5.17. The fourth-order valence-electron chi connectivity index (χ4n) is 2.77. The minimum absolute atomic E-state index is 0.821. The van der Waals surface area contributed by atoms with Crippen LogP contribution in [0.3, 0.4) is 0 Å². The van der Waals surface area contributed by atoms with Crippen molar-refractivity contribution in [3.63, 3.8) is 0 Å². The number of thioether (sulfide) groups is 1. The van der Waals surface area contributed by atoms with Crippen molar-refractivity contribution in [2.45, 2.75) is 64.3 Å². The summed E-state index contributed by atoms with van der Waals surface area (Å²) in [5.41, 5.74) is 0. The van der Waals surface area contributed by atoms with Gasteiger partial charge >= 0.3 is 0 Å². The van der Waals surface area contributed by atoms with Crippen LogP contribution in [0.1, 0.15) is 58.3 Å². The highest BCUT2D eigenvalue weighted by atomic mass is 32.2. The molecule has 2 atom stereocenters. The lowest BCUT2D eigenvalue weighted by Gasteiger charge is -2.21. The van der Waals surface area contributed by atoms with Crippen molar-refractivity contribution in [2.75, 3.05) is 18.6 Å². The molecule has 1 saturated carbocycles. The van der Waals surface area contributed by atoms with Crippen molar-refractivity contribution in [3.8, 4) is 0 Å². The van der Waals surface area contributed by atoms with Crippen LogP contribution >= 0.6 is 11.8 Å². The average Bonchev–Trinajstić information content (AvgIpc) is 2.52. The van der Waals surface area contributed by atoms with Crippen molar-refractivity contribution in [1.29, 1.82) is 0 Å². The summed E-state index contributed by atoms with van der Waals surface area (Å²) in [6.07, 6.45) is 13.6. The Labute approximate surface area is 106 Å². The van der Waals surface area contributed by atoms with E-state index in [9.17, 15) is 0 Å². The van der Waals surface area contributed by atoms with Crippen LogP contribution in [0.25, 0.3) is 0 Å². The standard InChI is InChI=1S/C14H29NS/c1-3-10-15-14-9-5-4-7-13(12-14)8-6-11-16-2/h13-15H,3-12H2,1-2H3. The minimum Gasteiger partial charge on any atom is -0.314 e. The van der Waals surface area contributed by atoms with Crippen LogP contribution in [-0.2, 0) is 0 Å². The van der Waals surface area contributed by atoms with Crippen molar-refractivity contribution < 1.29 is 0 Å². The second-order valence-corrected chi connectivity index (χ2v) is 6.16. The molecule has 1 nitrogen and oxygen atoms in total. The zero-order valence-corrected chi connectivity index (χ0v) is 12.0. The maximum Gasteiger partial charge on any atom is 0.00696 e. The molecule has 0 aromatic rings. The first-order valence-corrected chi connectivity index (χ1v) is 8.48. The largest absolute Gasteiger partial charge is 0.314 e. The molecule has 0 radical (unpaired) electrons. The molecule has 0 saturated heterocycles. The third-order valence-corrected chi connectivity index (χ3v) is 4.37. The summed E-state index contributed by atoms with van der Waals surface area (Å²) >= 11 is 1.99. The Morgan fingerprint density at radius 1 is 1.25 bits per heavy atom. The Morgan fingerprint density at radius 3 is 2.81 bits per heavy atom. The van der Waals surface area contributed by atoms with Crippen LogP contribution in [0.4, 0.5) is 0 Å². The summed E-state index contributed by atoms with van der Waals surface area (Å²) < 4.78 is 0. The molecule has 0 aromatic carbocycles. The first-order valence-electron chi connectivity index (χ1n) is 7.09. The molecule has 2 heteroatoms. The van der Waals surface area contributed by atoms with E-state index >= 15 is 0 Å². The van der Waals surface area contributed by atoms with Crippen molar-refractivity contribution in [2.24, 2.45) is 5.92 Å². The monoisotopic (exact) mass is 243 g/mol. The topological polar surface area (TPSA) is 12.0 Å². The molecular weight excluding hydrogens is 214 g/mol. The van der Waals surface area contributed by atoms with Crippen LogP contribution in [0.15, 0.2) is 0 Å². The number of nitrogens with one attached hydrogen (secondary N) is 1. The Kier molecular flexibility index (Phi) is 8.40. The van der Waals surface area contributed by atoms with Crippen molar-refractivity contribution in [1.82, 2.24) is 5.32 Å². The highest BCUT2D eigenvalue weighted by molar-refractivity contribution is 7.98. The van der Waals surface area contributed by atoms with Gasteiger partial charge in [0.25, 0.3) is 0 Å². The van der Waals surface area contributed by atoms with E-state index in [1.54, 1.807) is 0 Å². The van der Waals surface area contributed by atoms with Crippen LogP contribution in [0, 0.1) is 5.92 Å². The smallest absolute Gasteiger partial charge is 0.00696 e. The first kappa shape index (κ1) is 14.4. The van der Waals surface area contributed by atoms with Gasteiger partial charge < -0.3 is 5.32 Å². The van der Waals surface area contributed by atoms with Gasteiger partial charge in [0.1, 0.15) is 0 Å². The molecule has 96 valence electrons. The Hall–Kier alpha value is 0.310. The summed E-state index contributed by atoms with van der Waals surface area (Å²) in [7, 11) is 0. The van der Waals surface area contributed by atoms with Gasteiger partial charge in [-0.1, -0.05) is 26.2 Å². The van der Waals surface area contributed by atoms with E-state index in [0.29, 0.717) is 0 Å². The fraction of sp³-hybridized carbons (Fsp3) is 1.00. The normalized spacial score (nSPS) is 26.6. The van der Waals surface area contributed by atoms with E-state index in [1.165, 1.54) is 63.7 Å². The van der Waals surface area contributed by atoms with E-state index in [-0.39, 0.29) is 0 Å². The summed E-state index contributed by atoms with van der Waals surface area (Å²) in [6.45, 7) is 3.47. The van der Waals surface area contributed by atoms with E-state index in [2.05, 4.69) is 18.5 Å². The SMILES string of the molecule is CCCNC1CCCCC(CCCSC)C1. The highest BCUT2D eigenvalue weighted by Crippen LogP contribution is 2.27. The lowest BCUT2D eigenvalue weighted by atomic mass is 9.93. The van der Waals surface area contributed by atoms with Gasteiger partial charge in [0, 0.05) is 6.04 Å². The maximum atomic E-state index is 3.73. The van der Waals surface area contributed by atoms with Crippen LogP contribution in [0.5, 0.6) is 0 Å². The molecule has 1 N–H and O–H groups in total. The molecule has 0 spiro atoms. The Balaban J connectivity index is 2.22. The van der Waals surface area contributed by atoms with E-state index in [0.717, 1.165) is 12.0 Å². The molecule has 0 heterocycles. The molecular formula is C14H29NS. The van der Waals surface area contributed by atoms with Gasteiger partial charge in [0.2, 0.25) is 0 Å². The second kappa shape index (κ2) is 9.35. The zero-order chi connectivity index (χ0) is 11.6. The van der Waals surface area contributed by atoms with Gasteiger partial charge in [-0.25, -0.2) is 0 Å². The number of rotatable bonds is 7. The summed E-state index contributed by atoms with van der Waals surface area (Å²) in [5.74, 6) is 2.35. The summed E-state index contributed by atoms with van der Waals surface area (Å²) in [6, 6.07) is 0.821. The molecule has 0 amide bonds. The predicted molar refractivity (Wildman–Crippen MR) is 76.3 cm³/mol. The van der Waals surface area contributed by atoms with Crippen molar-refractivity contribution in [3.05, 3.63) is 0 Å². The molecule has 1 fully saturated rings. The van der Waals surface area contributed by atoms with E-state index in [1.807, 2.05) is 11.8 Å². The third kappa shape index (κ3) is 6.15. The number of hydrogen-bond donors (Lipinski definition) is 1. The average molecular weight is 243 g/mol. The Morgan fingerprint density at radius 2 is 2.06 bits per heavy atom.